The second-order valence-electron chi connectivity index (χ2n) is 5.39. The van der Waals surface area contributed by atoms with Gasteiger partial charge in [0.15, 0.2) is 5.76 Å². The first kappa shape index (κ1) is 15.2. The highest BCUT2D eigenvalue weighted by Gasteiger charge is 2.23. The first-order chi connectivity index (χ1) is 8.81. The van der Waals surface area contributed by atoms with Crippen LogP contribution in [0, 0.1) is 22.0 Å². The highest BCUT2D eigenvalue weighted by molar-refractivity contribution is 5.91. The summed E-state index contributed by atoms with van der Waals surface area (Å²) in [4.78, 5) is 23.8. The maximum absolute atomic E-state index is 12.3. The molecule has 1 rings (SSSR count). The van der Waals surface area contributed by atoms with E-state index < -0.39 is 10.8 Å². The predicted molar refractivity (Wildman–Crippen MR) is 70.9 cm³/mol. The number of amides is 1. The fourth-order valence-electron chi connectivity index (χ4n) is 1.82. The lowest BCUT2D eigenvalue weighted by Crippen LogP contribution is -2.36. The quantitative estimate of drug-likeness (QED) is 0.587. The molecule has 0 saturated heterocycles. The van der Waals surface area contributed by atoms with Crippen molar-refractivity contribution in [1.82, 2.24) is 4.90 Å². The molecule has 1 heterocycles. The maximum Gasteiger partial charge on any atom is 0.433 e. The van der Waals surface area contributed by atoms with Gasteiger partial charge < -0.3 is 9.32 Å². The topological polar surface area (TPSA) is 76.6 Å². The van der Waals surface area contributed by atoms with Gasteiger partial charge in [0, 0.05) is 13.1 Å². The van der Waals surface area contributed by atoms with E-state index in [9.17, 15) is 14.9 Å². The normalized spacial score (nSPS) is 11.1. The molecule has 0 fully saturated rings. The zero-order chi connectivity index (χ0) is 14.6. The van der Waals surface area contributed by atoms with E-state index in [-0.39, 0.29) is 11.7 Å². The van der Waals surface area contributed by atoms with Crippen LogP contribution in [-0.4, -0.2) is 28.8 Å². The summed E-state index contributed by atoms with van der Waals surface area (Å²) in [6.45, 7) is 9.28. The molecular weight excluding hydrogens is 248 g/mol. The standard InChI is InChI=1S/C13H20N2O4/c1-9(2)7-14(8-10(3)4)13(16)11-5-6-12(19-11)15(17)18/h5-6,9-10H,7-8H2,1-4H3. The van der Waals surface area contributed by atoms with Crippen LogP contribution in [0.5, 0.6) is 0 Å². The van der Waals surface area contributed by atoms with E-state index in [1.807, 2.05) is 27.7 Å². The molecule has 19 heavy (non-hydrogen) atoms. The smallest absolute Gasteiger partial charge is 0.395 e. The molecule has 0 N–H and O–H groups in total. The van der Waals surface area contributed by atoms with E-state index in [1.165, 1.54) is 12.1 Å². The molecule has 0 saturated carbocycles. The average Bonchev–Trinajstić information content (AvgIpc) is 2.75. The molecule has 0 aliphatic heterocycles. The highest BCUT2D eigenvalue weighted by atomic mass is 16.6. The summed E-state index contributed by atoms with van der Waals surface area (Å²) >= 11 is 0. The van der Waals surface area contributed by atoms with Crippen LogP contribution in [0.25, 0.3) is 0 Å². The molecule has 1 aromatic heterocycles. The lowest BCUT2D eigenvalue weighted by Gasteiger charge is -2.25. The Morgan fingerprint density at radius 2 is 1.79 bits per heavy atom. The summed E-state index contributed by atoms with van der Waals surface area (Å²) < 4.78 is 4.96. The third-order valence-corrected chi connectivity index (χ3v) is 2.44. The summed E-state index contributed by atoms with van der Waals surface area (Å²) in [7, 11) is 0. The summed E-state index contributed by atoms with van der Waals surface area (Å²) in [6.07, 6.45) is 0. The Balaban J connectivity index is 2.87. The number of nitro groups is 1. The Bertz CT molecular complexity index is 441. The molecular formula is C13H20N2O4. The summed E-state index contributed by atoms with van der Waals surface area (Å²) in [5.41, 5.74) is 0. The van der Waals surface area contributed by atoms with Crippen molar-refractivity contribution in [2.45, 2.75) is 27.7 Å². The molecule has 0 spiro atoms. The Labute approximate surface area is 112 Å². The molecule has 1 amide bonds. The molecule has 6 nitrogen and oxygen atoms in total. The van der Waals surface area contributed by atoms with Crippen LogP contribution in [0.15, 0.2) is 16.5 Å². The number of carbonyl (C=O) groups excluding carboxylic acids is 1. The van der Waals surface area contributed by atoms with Crippen LogP contribution >= 0.6 is 0 Å². The van der Waals surface area contributed by atoms with Gasteiger partial charge in [-0.2, -0.15) is 0 Å². The number of nitrogens with zero attached hydrogens (tertiary/aromatic N) is 2. The van der Waals surface area contributed by atoms with Crippen LogP contribution in [0.3, 0.4) is 0 Å². The van der Waals surface area contributed by atoms with E-state index in [4.69, 9.17) is 4.42 Å². The minimum absolute atomic E-state index is 0.0213. The number of furan rings is 1. The molecule has 106 valence electrons. The van der Waals surface area contributed by atoms with Crippen LogP contribution in [0.2, 0.25) is 0 Å². The number of hydrogen-bond donors (Lipinski definition) is 0. The van der Waals surface area contributed by atoms with E-state index >= 15 is 0 Å². The van der Waals surface area contributed by atoms with Crippen LogP contribution in [0.4, 0.5) is 5.88 Å². The monoisotopic (exact) mass is 268 g/mol. The summed E-state index contributed by atoms with van der Waals surface area (Å²) in [6, 6.07) is 2.56. The van der Waals surface area contributed by atoms with Gasteiger partial charge in [0.05, 0.1) is 6.07 Å². The summed E-state index contributed by atoms with van der Waals surface area (Å²) in [5, 5.41) is 10.5. The van der Waals surface area contributed by atoms with Gasteiger partial charge >= 0.3 is 5.88 Å². The number of hydrogen-bond acceptors (Lipinski definition) is 4. The Morgan fingerprint density at radius 3 is 2.16 bits per heavy atom. The third kappa shape index (κ3) is 4.39. The Morgan fingerprint density at radius 1 is 1.26 bits per heavy atom. The second-order valence-corrected chi connectivity index (χ2v) is 5.39. The fraction of sp³-hybridized carbons (Fsp3) is 0.615. The Kier molecular flexibility index (Phi) is 5.09. The molecule has 0 aliphatic carbocycles. The van der Waals surface area contributed by atoms with Crippen molar-refractivity contribution in [3.63, 3.8) is 0 Å². The molecule has 0 aliphatic rings. The molecule has 0 radical (unpaired) electrons. The largest absolute Gasteiger partial charge is 0.433 e. The van der Waals surface area contributed by atoms with Crippen LogP contribution in [-0.2, 0) is 0 Å². The van der Waals surface area contributed by atoms with Crippen molar-refractivity contribution < 1.29 is 14.1 Å². The van der Waals surface area contributed by atoms with Gasteiger partial charge in [0.2, 0.25) is 0 Å². The fourth-order valence-corrected chi connectivity index (χ4v) is 1.82. The van der Waals surface area contributed by atoms with E-state index in [1.54, 1.807) is 4.90 Å². The Hall–Kier alpha value is -1.85. The van der Waals surface area contributed by atoms with Crippen LogP contribution in [0.1, 0.15) is 38.2 Å². The van der Waals surface area contributed by atoms with Crippen molar-refractivity contribution >= 4 is 11.8 Å². The van der Waals surface area contributed by atoms with Crippen molar-refractivity contribution in [3.8, 4) is 0 Å². The molecule has 0 atom stereocenters. The average molecular weight is 268 g/mol. The van der Waals surface area contributed by atoms with E-state index in [0.29, 0.717) is 24.9 Å². The molecule has 1 aromatic rings. The zero-order valence-electron chi connectivity index (χ0n) is 11.8. The van der Waals surface area contributed by atoms with Crippen molar-refractivity contribution in [1.29, 1.82) is 0 Å². The van der Waals surface area contributed by atoms with Gasteiger partial charge in [-0.15, -0.1) is 0 Å². The van der Waals surface area contributed by atoms with E-state index in [2.05, 4.69) is 0 Å². The molecule has 0 bridgehead atoms. The van der Waals surface area contributed by atoms with E-state index in [0.717, 1.165) is 0 Å². The lowest BCUT2D eigenvalue weighted by molar-refractivity contribution is -0.402. The number of carbonyl (C=O) groups is 1. The minimum Gasteiger partial charge on any atom is -0.395 e. The maximum atomic E-state index is 12.3. The zero-order valence-corrected chi connectivity index (χ0v) is 11.8. The molecule has 0 unspecified atom stereocenters. The third-order valence-electron chi connectivity index (χ3n) is 2.44. The molecule has 6 heteroatoms. The van der Waals surface area contributed by atoms with Crippen molar-refractivity contribution in [2.75, 3.05) is 13.1 Å². The van der Waals surface area contributed by atoms with Gasteiger partial charge in [0.25, 0.3) is 5.91 Å². The number of rotatable bonds is 6. The second kappa shape index (κ2) is 6.36. The van der Waals surface area contributed by atoms with Crippen molar-refractivity contribution in [2.24, 2.45) is 11.8 Å². The molecule has 0 aromatic carbocycles. The summed E-state index contributed by atoms with van der Waals surface area (Å²) in [5.74, 6) is -0.0267. The predicted octanol–water partition coefficient (Wildman–Crippen LogP) is 2.94. The minimum atomic E-state index is -0.647. The van der Waals surface area contributed by atoms with Gasteiger partial charge in [-0.05, 0) is 17.9 Å². The van der Waals surface area contributed by atoms with Crippen molar-refractivity contribution in [3.05, 3.63) is 28.0 Å². The van der Waals surface area contributed by atoms with Crippen LogP contribution < -0.4 is 0 Å². The van der Waals surface area contributed by atoms with Gasteiger partial charge in [0.1, 0.15) is 4.92 Å². The highest BCUT2D eigenvalue weighted by Crippen LogP contribution is 2.18. The SMILES string of the molecule is CC(C)CN(CC(C)C)C(=O)c1ccc([N+](=O)[O-])o1. The lowest BCUT2D eigenvalue weighted by atomic mass is 10.1. The first-order valence-corrected chi connectivity index (χ1v) is 6.34. The van der Waals surface area contributed by atoms with Gasteiger partial charge in [-0.1, -0.05) is 27.7 Å². The van der Waals surface area contributed by atoms with Gasteiger partial charge in [-0.3, -0.25) is 14.9 Å². The first-order valence-electron chi connectivity index (χ1n) is 6.34. The van der Waals surface area contributed by atoms with Gasteiger partial charge in [-0.25, -0.2) is 0 Å².